The van der Waals surface area contributed by atoms with Crippen molar-refractivity contribution in [1.29, 1.82) is 0 Å². The molecule has 0 spiro atoms. The SMILES string of the molecule is C/C(=N\c1ccc(CCc2ccc(/N=C(\C)C3CCCC3)c(C)c2)cc1C)C1CCCC1. The van der Waals surface area contributed by atoms with E-state index in [2.05, 4.69) is 64.1 Å². The van der Waals surface area contributed by atoms with Gasteiger partial charge in [0.1, 0.15) is 0 Å². The van der Waals surface area contributed by atoms with Crippen LogP contribution in [-0.2, 0) is 12.8 Å². The molecule has 2 fully saturated rings. The predicted molar refractivity (Wildman–Crippen MR) is 139 cm³/mol. The van der Waals surface area contributed by atoms with Crippen molar-refractivity contribution in [3.63, 3.8) is 0 Å². The molecule has 0 heterocycles. The fraction of sp³-hybridized carbons (Fsp3) is 0.533. The molecular formula is C30H40N2. The Morgan fingerprint density at radius 1 is 0.656 bits per heavy atom. The fourth-order valence-electron chi connectivity index (χ4n) is 5.54. The molecule has 170 valence electrons. The van der Waals surface area contributed by atoms with E-state index in [-0.39, 0.29) is 0 Å². The van der Waals surface area contributed by atoms with Gasteiger partial charge in [0.2, 0.25) is 0 Å². The lowest BCUT2D eigenvalue weighted by molar-refractivity contribution is 0.725. The van der Waals surface area contributed by atoms with E-state index in [1.54, 1.807) is 0 Å². The molecule has 2 aromatic carbocycles. The van der Waals surface area contributed by atoms with E-state index in [9.17, 15) is 0 Å². The van der Waals surface area contributed by atoms with Gasteiger partial charge in [-0.3, -0.25) is 9.98 Å². The Hall–Kier alpha value is -2.22. The van der Waals surface area contributed by atoms with Crippen molar-refractivity contribution in [3.05, 3.63) is 58.7 Å². The Bertz CT molecular complexity index is 904. The number of nitrogens with zero attached hydrogens (tertiary/aromatic N) is 2. The number of rotatable bonds is 7. The molecule has 0 aliphatic heterocycles. The van der Waals surface area contributed by atoms with Crippen molar-refractivity contribution >= 4 is 22.8 Å². The average molecular weight is 429 g/mol. The number of aryl methyl sites for hydroxylation is 4. The zero-order chi connectivity index (χ0) is 22.5. The standard InChI is InChI=1S/C30H40N2/c1-21-19-25(15-17-29(21)31-23(3)27-9-5-6-10-27)13-14-26-16-18-30(22(2)20-26)32-24(4)28-11-7-8-12-28/h15-20,27-28H,5-14H2,1-4H3/b31-23+,32-24+. The molecule has 0 atom stereocenters. The number of hydrogen-bond acceptors (Lipinski definition) is 2. The van der Waals surface area contributed by atoms with Crippen molar-refractivity contribution in [2.45, 2.75) is 91.9 Å². The minimum absolute atomic E-state index is 0.701. The van der Waals surface area contributed by atoms with Gasteiger partial charge in [-0.05, 0) is 112 Å². The van der Waals surface area contributed by atoms with Gasteiger partial charge in [-0.15, -0.1) is 0 Å². The van der Waals surface area contributed by atoms with Crippen LogP contribution in [0, 0.1) is 25.7 Å². The summed E-state index contributed by atoms with van der Waals surface area (Å²) in [5.41, 5.74) is 10.3. The van der Waals surface area contributed by atoms with Crippen molar-refractivity contribution in [2.75, 3.05) is 0 Å². The lowest BCUT2D eigenvalue weighted by atomic mass is 9.99. The molecule has 0 N–H and O–H groups in total. The van der Waals surface area contributed by atoms with Crippen LogP contribution in [-0.4, -0.2) is 11.4 Å². The van der Waals surface area contributed by atoms with Crippen LogP contribution in [0.3, 0.4) is 0 Å². The monoisotopic (exact) mass is 428 g/mol. The van der Waals surface area contributed by atoms with Gasteiger partial charge in [-0.1, -0.05) is 49.9 Å². The Morgan fingerprint density at radius 2 is 1.03 bits per heavy atom. The molecule has 0 bridgehead atoms. The third-order valence-corrected chi connectivity index (χ3v) is 7.71. The lowest BCUT2D eigenvalue weighted by Gasteiger charge is -2.12. The molecule has 0 amide bonds. The van der Waals surface area contributed by atoms with E-state index in [0.717, 1.165) is 24.2 Å². The Morgan fingerprint density at radius 3 is 1.38 bits per heavy atom. The fourth-order valence-corrected chi connectivity index (χ4v) is 5.54. The third-order valence-electron chi connectivity index (χ3n) is 7.71. The van der Waals surface area contributed by atoms with Crippen LogP contribution < -0.4 is 0 Å². The van der Waals surface area contributed by atoms with Gasteiger partial charge < -0.3 is 0 Å². The minimum atomic E-state index is 0.701. The third kappa shape index (κ3) is 5.77. The van der Waals surface area contributed by atoms with Gasteiger partial charge in [0.15, 0.2) is 0 Å². The first-order valence-electron chi connectivity index (χ1n) is 12.8. The highest BCUT2D eigenvalue weighted by molar-refractivity contribution is 5.88. The molecule has 2 aromatic rings. The van der Waals surface area contributed by atoms with E-state index in [0.29, 0.717) is 11.8 Å². The van der Waals surface area contributed by atoms with Crippen molar-refractivity contribution in [1.82, 2.24) is 0 Å². The highest BCUT2D eigenvalue weighted by atomic mass is 14.8. The van der Waals surface area contributed by atoms with E-state index >= 15 is 0 Å². The normalized spacial score (nSPS) is 18.6. The van der Waals surface area contributed by atoms with Crippen molar-refractivity contribution in [3.8, 4) is 0 Å². The second-order valence-electron chi connectivity index (χ2n) is 10.2. The van der Waals surface area contributed by atoms with Gasteiger partial charge in [0.05, 0.1) is 11.4 Å². The first kappa shape index (κ1) is 23.0. The van der Waals surface area contributed by atoms with Crippen LogP contribution >= 0.6 is 0 Å². The maximum atomic E-state index is 4.98. The smallest absolute Gasteiger partial charge is 0.0658 e. The summed E-state index contributed by atoms with van der Waals surface area (Å²) in [5, 5.41) is 0. The maximum Gasteiger partial charge on any atom is 0.0658 e. The Labute approximate surface area is 195 Å². The summed E-state index contributed by atoms with van der Waals surface area (Å²) in [6, 6.07) is 13.6. The highest BCUT2D eigenvalue weighted by Gasteiger charge is 2.18. The second-order valence-corrected chi connectivity index (χ2v) is 10.2. The van der Waals surface area contributed by atoms with E-state index in [1.165, 1.54) is 85.0 Å². The number of hydrogen-bond donors (Lipinski definition) is 0. The molecule has 0 saturated heterocycles. The number of benzene rings is 2. The maximum absolute atomic E-state index is 4.98. The molecule has 32 heavy (non-hydrogen) atoms. The summed E-state index contributed by atoms with van der Waals surface area (Å²) in [4.78, 5) is 9.96. The van der Waals surface area contributed by atoms with Gasteiger partial charge >= 0.3 is 0 Å². The molecule has 2 saturated carbocycles. The largest absolute Gasteiger partial charge is 0.258 e. The molecule has 2 heteroatoms. The molecule has 4 rings (SSSR count). The quantitative estimate of drug-likeness (QED) is 0.394. The molecule has 2 aliphatic rings. The van der Waals surface area contributed by atoms with Gasteiger partial charge in [-0.2, -0.15) is 0 Å². The molecule has 0 unspecified atom stereocenters. The van der Waals surface area contributed by atoms with Crippen LogP contribution in [0.2, 0.25) is 0 Å². The average Bonchev–Trinajstić information content (AvgIpc) is 3.50. The zero-order valence-corrected chi connectivity index (χ0v) is 20.6. The van der Waals surface area contributed by atoms with E-state index in [4.69, 9.17) is 9.98 Å². The van der Waals surface area contributed by atoms with Crippen molar-refractivity contribution < 1.29 is 0 Å². The number of aliphatic imine (C=N–C) groups is 2. The summed E-state index contributed by atoms with van der Waals surface area (Å²) in [6.07, 6.45) is 12.8. The molecule has 2 nitrogen and oxygen atoms in total. The second kappa shape index (κ2) is 10.6. The minimum Gasteiger partial charge on any atom is -0.258 e. The molecule has 2 aliphatic carbocycles. The topological polar surface area (TPSA) is 24.7 Å². The van der Waals surface area contributed by atoms with Crippen LogP contribution in [0.1, 0.15) is 87.5 Å². The first-order chi connectivity index (χ1) is 15.5. The summed E-state index contributed by atoms with van der Waals surface area (Å²) < 4.78 is 0. The first-order valence-corrected chi connectivity index (χ1v) is 12.8. The summed E-state index contributed by atoms with van der Waals surface area (Å²) in [5.74, 6) is 1.40. The summed E-state index contributed by atoms with van der Waals surface area (Å²) >= 11 is 0. The summed E-state index contributed by atoms with van der Waals surface area (Å²) in [7, 11) is 0. The molecule has 0 radical (unpaired) electrons. The Balaban J connectivity index is 1.38. The molecule has 0 aromatic heterocycles. The van der Waals surface area contributed by atoms with Crippen molar-refractivity contribution in [2.24, 2.45) is 21.8 Å². The van der Waals surface area contributed by atoms with Crippen LogP contribution in [0.15, 0.2) is 46.4 Å². The van der Waals surface area contributed by atoms with Crippen LogP contribution in [0.25, 0.3) is 0 Å². The van der Waals surface area contributed by atoms with Gasteiger partial charge in [0, 0.05) is 11.4 Å². The van der Waals surface area contributed by atoms with Gasteiger partial charge in [-0.25, -0.2) is 0 Å². The molecular weight excluding hydrogens is 388 g/mol. The van der Waals surface area contributed by atoms with Crippen LogP contribution in [0.4, 0.5) is 11.4 Å². The van der Waals surface area contributed by atoms with E-state index < -0.39 is 0 Å². The lowest BCUT2D eigenvalue weighted by Crippen LogP contribution is -2.05. The predicted octanol–water partition coefficient (Wildman–Crippen LogP) is 8.65. The summed E-state index contributed by atoms with van der Waals surface area (Å²) in [6.45, 7) is 8.84. The highest BCUT2D eigenvalue weighted by Crippen LogP contribution is 2.30. The van der Waals surface area contributed by atoms with Crippen LogP contribution in [0.5, 0.6) is 0 Å². The van der Waals surface area contributed by atoms with E-state index in [1.807, 2.05) is 0 Å². The Kier molecular flexibility index (Phi) is 7.60. The zero-order valence-electron chi connectivity index (χ0n) is 20.6. The van der Waals surface area contributed by atoms with Gasteiger partial charge in [0.25, 0.3) is 0 Å².